The maximum atomic E-state index is 12.0. The van der Waals surface area contributed by atoms with Crippen molar-refractivity contribution in [2.45, 2.75) is 6.54 Å². The number of hydrogen-bond donors (Lipinski definition) is 3. The molecular formula is C12H14N4O3S. The number of anilines is 1. The number of rotatable bonds is 5. The van der Waals surface area contributed by atoms with E-state index in [0.29, 0.717) is 6.54 Å². The second kappa shape index (κ2) is 5.74. The first-order chi connectivity index (χ1) is 9.46. The Hall–Kier alpha value is -2.35. The lowest BCUT2D eigenvalue weighted by molar-refractivity contribution is 0.0947. The van der Waals surface area contributed by atoms with Gasteiger partial charge in [0.1, 0.15) is 0 Å². The van der Waals surface area contributed by atoms with E-state index in [4.69, 9.17) is 0 Å². The Morgan fingerprint density at radius 3 is 2.65 bits per heavy atom. The van der Waals surface area contributed by atoms with Crippen LogP contribution in [0.25, 0.3) is 0 Å². The molecule has 1 aromatic heterocycles. The Morgan fingerprint density at radius 1 is 1.30 bits per heavy atom. The van der Waals surface area contributed by atoms with Crippen molar-refractivity contribution in [3.63, 3.8) is 0 Å². The van der Waals surface area contributed by atoms with Crippen LogP contribution in [0.2, 0.25) is 0 Å². The van der Waals surface area contributed by atoms with Gasteiger partial charge in [-0.05, 0) is 5.56 Å². The summed E-state index contributed by atoms with van der Waals surface area (Å²) in [6.07, 6.45) is 2.32. The van der Waals surface area contributed by atoms with E-state index in [1.165, 1.54) is 6.20 Å². The van der Waals surface area contributed by atoms with Crippen molar-refractivity contribution in [2.75, 3.05) is 11.0 Å². The number of aromatic nitrogens is 2. The van der Waals surface area contributed by atoms with E-state index < -0.39 is 15.9 Å². The number of carbonyl (C=O) groups is 1. The van der Waals surface area contributed by atoms with Gasteiger partial charge in [0.2, 0.25) is 10.0 Å². The van der Waals surface area contributed by atoms with Crippen LogP contribution in [0.1, 0.15) is 16.1 Å². The Balaban J connectivity index is 2.05. The summed E-state index contributed by atoms with van der Waals surface area (Å²) in [5, 5.41) is 8.88. The Labute approximate surface area is 116 Å². The lowest BCUT2D eigenvalue weighted by atomic mass is 10.2. The summed E-state index contributed by atoms with van der Waals surface area (Å²) in [5.74, 6) is -0.457. The maximum absolute atomic E-state index is 12.0. The van der Waals surface area contributed by atoms with Crippen molar-refractivity contribution in [2.24, 2.45) is 0 Å². The predicted octanol–water partition coefficient (Wildman–Crippen LogP) is 0.711. The topological polar surface area (TPSA) is 104 Å². The van der Waals surface area contributed by atoms with E-state index in [1.54, 1.807) is 0 Å². The number of H-pyrrole nitrogens is 1. The monoisotopic (exact) mass is 294 g/mol. The number of carbonyl (C=O) groups excluding carboxylic acids is 1. The molecule has 0 saturated carbocycles. The van der Waals surface area contributed by atoms with Crippen LogP contribution in [0.4, 0.5) is 5.69 Å². The van der Waals surface area contributed by atoms with Gasteiger partial charge in [0.05, 0.1) is 11.9 Å². The fraction of sp³-hybridized carbons (Fsp3) is 0.167. The van der Waals surface area contributed by atoms with E-state index in [-0.39, 0.29) is 11.4 Å². The van der Waals surface area contributed by atoms with Crippen LogP contribution in [-0.4, -0.2) is 30.8 Å². The van der Waals surface area contributed by atoms with Crippen LogP contribution in [-0.2, 0) is 16.6 Å². The van der Waals surface area contributed by atoms with Crippen molar-refractivity contribution in [1.29, 1.82) is 0 Å². The average Bonchev–Trinajstić information content (AvgIpc) is 2.83. The van der Waals surface area contributed by atoms with Crippen molar-refractivity contribution in [3.05, 3.63) is 47.8 Å². The van der Waals surface area contributed by atoms with Gasteiger partial charge in [0.25, 0.3) is 5.91 Å². The lowest BCUT2D eigenvalue weighted by Gasteiger charge is -2.06. The van der Waals surface area contributed by atoms with Gasteiger partial charge in [-0.25, -0.2) is 8.42 Å². The third-order valence-electron chi connectivity index (χ3n) is 2.45. The van der Waals surface area contributed by atoms with E-state index in [9.17, 15) is 13.2 Å². The molecule has 1 amide bonds. The summed E-state index contributed by atoms with van der Waals surface area (Å²) in [5.41, 5.74) is 1.07. The third kappa shape index (κ3) is 3.82. The summed E-state index contributed by atoms with van der Waals surface area (Å²) >= 11 is 0. The molecule has 0 saturated heterocycles. The SMILES string of the molecule is CS(=O)(=O)Nc1c[nH]nc1C(=O)NCc1ccccc1. The van der Waals surface area contributed by atoms with Crippen molar-refractivity contribution < 1.29 is 13.2 Å². The quantitative estimate of drug-likeness (QED) is 0.755. The molecule has 0 aliphatic rings. The van der Waals surface area contributed by atoms with Crippen molar-refractivity contribution in [1.82, 2.24) is 15.5 Å². The van der Waals surface area contributed by atoms with Gasteiger partial charge in [0.15, 0.2) is 5.69 Å². The highest BCUT2D eigenvalue weighted by Crippen LogP contribution is 2.13. The highest BCUT2D eigenvalue weighted by atomic mass is 32.2. The van der Waals surface area contributed by atoms with Crippen LogP contribution >= 0.6 is 0 Å². The molecule has 20 heavy (non-hydrogen) atoms. The normalized spacial score (nSPS) is 11.1. The molecule has 0 bridgehead atoms. The van der Waals surface area contributed by atoms with Gasteiger partial charge in [-0.3, -0.25) is 14.6 Å². The standard InChI is InChI=1S/C12H14N4O3S/c1-20(18,19)16-10-8-14-15-11(10)12(17)13-7-9-5-3-2-4-6-9/h2-6,8,16H,7H2,1H3,(H,13,17)(H,14,15). The van der Waals surface area contributed by atoms with Crippen molar-refractivity contribution in [3.8, 4) is 0 Å². The van der Waals surface area contributed by atoms with Crippen LogP contribution in [0.5, 0.6) is 0 Å². The Morgan fingerprint density at radius 2 is 2.00 bits per heavy atom. The molecule has 8 heteroatoms. The van der Waals surface area contributed by atoms with Crippen LogP contribution in [0, 0.1) is 0 Å². The average molecular weight is 294 g/mol. The van der Waals surface area contributed by atoms with Gasteiger partial charge < -0.3 is 5.32 Å². The first-order valence-electron chi connectivity index (χ1n) is 5.79. The molecule has 2 aromatic rings. The number of nitrogens with one attached hydrogen (secondary N) is 3. The van der Waals surface area contributed by atoms with Crippen LogP contribution in [0.3, 0.4) is 0 Å². The molecule has 2 rings (SSSR count). The van der Waals surface area contributed by atoms with Gasteiger partial charge in [-0.1, -0.05) is 30.3 Å². The zero-order chi connectivity index (χ0) is 14.6. The van der Waals surface area contributed by atoms with Gasteiger partial charge in [0, 0.05) is 12.7 Å². The zero-order valence-electron chi connectivity index (χ0n) is 10.8. The second-order valence-corrected chi connectivity index (χ2v) is 5.94. The fourth-order valence-electron chi connectivity index (χ4n) is 1.60. The molecule has 0 aliphatic heterocycles. The second-order valence-electron chi connectivity index (χ2n) is 4.19. The summed E-state index contributed by atoms with van der Waals surface area (Å²) in [6.45, 7) is 0.338. The van der Waals surface area contributed by atoms with Crippen molar-refractivity contribution >= 4 is 21.6 Å². The first kappa shape index (κ1) is 14.1. The molecule has 106 valence electrons. The molecule has 7 nitrogen and oxygen atoms in total. The number of aromatic amines is 1. The largest absolute Gasteiger partial charge is 0.346 e. The summed E-state index contributed by atoms with van der Waals surface area (Å²) in [7, 11) is -3.46. The number of amides is 1. The molecule has 0 unspecified atom stereocenters. The van der Waals surface area contributed by atoms with E-state index >= 15 is 0 Å². The molecular weight excluding hydrogens is 280 g/mol. The summed E-state index contributed by atoms with van der Waals surface area (Å²) in [6, 6.07) is 9.37. The number of hydrogen-bond acceptors (Lipinski definition) is 4. The highest BCUT2D eigenvalue weighted by Gasteiger charge is 2.16. The maximum Gasteiger partial charge on any atom is 0.274 e. The lowest BCUT2D eigenvalue weighted by Crippen LogP contribution is -2.24. The Bertz CT molecular complexity index is 695. The molecule has 1 aromatic carbocycles. The highest BCUT2D eigenvalue weighted by molar-refractivity contribution is 7.92. The molecule has 0 aliphatic carbocycles. The molecule has 0 spiro atoms. The van der Waals surface area contributed by atoms with Crippen LogP contribution < -0.4 is 10.0 Å². The van der Waals surface area contributed by atoms with Gasteiger partial charge in [-0.2, -0.15) is 5.10 Å². The smallest absolute Gasteiger partial charge is 0.274 e. The number of benzene rings is 1. The minimum atomic E-state index is -3.46. The molecule has 0 atom stereocenters. The molecule has 1 heterocycles. The molecule has 0 fully saturated rings. The first-order valence-corrected chi connectivity index (χ1v) is 7.68. The minimum absolute atomic E-state index is 0.00589. The predicted molar refractivity (Wildman–Crippen MR) is 74.7 cm³/mol. The zero-order valence-corrected chi connectivity index (χ0v) is 11.6. The van der Waals surface area contributed by atoms with Gasteiger partial charge >= 0.3 is 0 Å². The van der Waals surface area contributed by atoms with Gasteiger partial charge in [-0.15, -0.1) is 0 Å². The molecule has 3 N–H and O–H groups in total. The molecule has 0 radical (unpaired) electrons. The van der Waals surface area contributed by atoms with E-state index in [0.717, 1.165) is 11.8 Å². The van der Waals surface area contributed by atoms with Crippen LogP contribution in [0.15, 0.2) is 36.5 Å². The number of nitrogens with zero attached hydrogens (tertiary/aromatic N) is 1. The summed E-state index contributed by atoms with van der Waals surface area (Å²) < 4.78 is 24.6. The number of sulfonamides is 1. The van der Waals surface area contributed by atoms with E-state index in [2.05, 4.69) is 20.2 Å². The minimum Gasteiger partial charge on any atom is -0.346 e. The fourth-order valence-corrected chi connectivity index (χ4v) is 2.16. The van der Waals surface area contributed by atoms with E-state index in [1.807, 2.05) is 30.3 Å². The Kier molecular flexibility index (Phi) is 4.04. The third-order valence-corrected chi connectivity index (χ3v) is 3.04. The summed E-state index contributed by atoms with van der Waals surface area (Å²) in [4.78, 5) is 12.0.